The molecule has 100 valence electrons. The highest BCUT2D eigenvalue weighted by atomic mass is 35.5. The lowest BCUT2D eigenvalue weighted by molar-refractivity contribution is 0.945. The van der Waals surface area contributed by atoms with Gasteiger partial charge in [-0.15, -0.1) is 0 Å². The second-order valence-corrected chi connectivity index (χ2v) is 5.60. The van der Waals surface area contributed by atoms with Crippen molar-refractivity contribution in [2.75, 3.05) is 18.2 Å². The first-order valence-corrected chi connectivity index (χ1v) is 7.50. The molecule has 0 spiro atoms. The predicted octanol–water partition coefficient (Wildman–Crippen LogP) is 4.24. The predicted molar refractivity (Wildman–Crippen MR) is 82.8 cm³/mol. The summed E-state index contributed by atoms with van der Waals surface area (Å²) in [5, 5.41) is 1.14. The Balaban J connectivity index is 2.43. The monoisotopic (exact) mass is 293 g/mol. The lowest BCUT2D eigenvalue weighted by Gasteiger charge is -2.20. The summed E-state index contributed by atoms with van der Waals surface area (Å²) in [4.78, 5) is 10.7. The maximum Gasteiger partial charge on any atom is 0.190 e. The highest BCUT2D eigenvalue weighted by Crippen LogP contribution is 2.27. The van der Waals surface area contributed by atoms with E-state index in [1.165, 1.54) is 22.9 Å². The minimum atomic E-state index is 0.463. The van der Waals surface area contributed by atoms with E-state index in [9.17, 15) is 0 Å². The van der Waals surface area contributed by atoms with E-state index in [2.05, 4.69) is 42.0 Å². The quantitative estimate of drug-likeness (QED) is 0.481. The van der Waals surface area contributed by atoms with Crippen LogP contribution in [0.1, 0.15) is 11.1 Å². The van der Waals surface area contributed by atoms with Gasteiger partial charge in [0.2, 0.25) is 0 Å². The van der Waals surface area contributed by atoms with Crippen LogP contribution >= 0.6 is 23.4 Å². The summed E-state index contributed by atoms with van der Waals surface area (Å²) in [5.74, 6) is 0.800. The van der Waals surface area contributed by atoms with Crippen LogP contribution in [0.5, 0.6) is 0 Å². The number of thioether (sulfide) groups is 1. The van der Waals surface area contributed by atoms with Crippen molar-refractivity contribution in [3.8, 4) is 0 Å². The Kier molecular flexibility index (Phi) is 4.32. The summed E-state index contributed by atoms with van der Waals surface area (Å²) >= 11 is 7.51. The van der Waals surface area contributed by atoms with E-state index >= 15 is 0 Å². The van der Waals surface area contributed by atoms with Crippen LogP contribution in [0.3, 0.4) is 0 Å². The van der Waals surface area contributed by atoms with Gasteiger partial charge in [-0.25, -0.2) is 9.97 Å². The van der Waals surface area contributed by atoms with Gasteiger partial charge in [-0.2, -0.15) is 0 Å². The van der Waals surface area contributed by atoms with Gasteiger partial charge in [0.1, 0.15) is 11.0 Å². The molecule has 0 aliphatic rings. The van der Waals surface area contributed by atoms with Gasteiger partial charge in [0.25, 0.3) is 0 Å². The van der Waals surface area contributed by atoms with E-state index in [1.807, 2.05) is 18.2 Å². The van der Waals surface area contributed by atoms with Gasteiger partial charge >= 0.3 is 0 Å². The van der Waals surface area contributed by atoms with Gasteiger partial charge in [-0.05, 0) is 43.4 Å². The van der Waals surface area contributed by atoms with Crippen molar-refractivity contribution in [2.45, 2.75) is 19.0 Å². The average molecular weight is 294 g/mol. The first-order valence-electron chi connectivity index (χ1n) is 5.90. The Hall–Kier alpha value is -1.26. The molecule has 0 atom stereocenters. The number of benzene rings is 1. The van der Waals surface area contributed by atoms with Crippen LogP contribution in [0.15, 0.2) is 29.4 Å². The molecule has 0 radical (unpaired) electrons. The number of hydrogen-bond acceptors (Lipinski definition) is 4. The molecule has 0 fully saturated rings. The van der Waals surface area contributed by atoms with Crippen molar-refractivity contribution in [3.63, 3.8) is 0 Å². The number of rotatable bonds is 3. The first-order chi connectivity index (χ1) is 8.99. The van der Waals surface area contributed by atoms with Crippen LogP contribution in [-0.2, 0) is 0 Å². The molecular weight excluding hydrogens is 278 g/mol. The maximum absolute atomic E-state index is 6.03. The highest BCUT2D eigenvalue weighted by molar-refractivity contribution is 7.98. The molecule has 0 bridgehead atoms. The number of halogens is 1. The standard InChI is InChI=1S/C14H16ClN3S/c1-9-5-10(2)7-11(6-9)18(3)13-8-12(15)16-14(17-13)19-4/h5-8H,1-4H3. The minimum absolute atomic E-state index is 0.463. The van der Waals surface area contributed by atoms with Crippen LogP contribution in [0, 0.1) is 13.8 Å². The fourth-order valence-corrected chi connectivity index (χ4v) is 2.53. The van der Waals surface area contributed by atoms with Crippen molar-refractivity contribution in [1.82, 2.24) is 9.97 Å². The number of aromatic nitrogens is 2. The van der Waals surface area contributed by atoms with E-state index in [0.29, 0.717) is 10.3 Å². The van der Waals surface area contributed by atoms with E-state index in [4.69, 9.17) is 11.6 Å². The zero-order valence-corrected chi connectivity index (χ0v) is 13.0. The van der Waals surface area contributed by atoms with Crippen LogP contribution < -0.4 is 4.90 Å². The second kappa shape index (κ2) is 5.80. The number of hydrogen-bond donors (Lipinski definition) is 0. The SMILES string of the molecule is CSc1nc(Cl)cc(N(C)c2cc(C)cc(C)c2)n1. The Bertz CT molecular complexity index is 581. The van der Waals surface area contributed by atoms with Crippen molar-refractivity contribution in [2.24, 2.45) is 0 Å². The Morgan fingerprint density at radius 1 is 1.05 bits per heavy atom. The summed E-state index contributed by atoms with van der Waals surface area (Å²) in [6.45, 7) is 4.18. The maximum atomic E-state index is 6.03. The molecule has 3 nitrogen and oxygen atoms in total. The van der Waals surface area contributed by atoms with Crippen molar-refractivity contribution >= 4 is 34.9 Å². The third-order valence-corrected chi connectivity index (χ3v) is 3.52. The third kappa shape index (κ3) is 3.39. The molecule has 0 saturated heterocycles. The summed E-state index contributed by atoms with van der Waals surface area (Å²) in [6, 6.07) is 8.18. The van der Waals surface area contributed by atoms with Gasteiger partial charge in [0.15, 0.2) is 5.16 Å². The molecule has 0 unspecified atom stereocenters. The van der Waals surface area contributed by atoms with Crippen LogP contribution in [-0.4, -0.2) is 23.3 Å². The van der Waals surface area contributed by atoms with Gasteiger partial charge in [0, 0.05) is 18.8 Å². The summed E-state index contributed by atoms with van der Waals surface area (Å²) in [7, 11) is 1.98. The Morgan fingerprint density at radius 2 is 1.68 bits per heavy atom. The minimum Gasteiger partial charge on any atom is -0.329 e. The molecule has 0 N–H and O–H groups in total. The molecule has 0 amide bonds. The van der Waals surface area contributed by atoms with Crippen LogP contribution in [0.4, 0.5) is 11.5 Å². The second-order valence-electron chi connectivity index (χ2n) is 4.44. The molecule has 5 heteroatoms. The van der Waals surface area contributed by atoms with Crippen LogP contribution in [0.2, 0.25) is 5.15 Å². The van der Waals surface area contributed by atoms with Crippen molar-refractivity contribution in [3.05, 3.63) is 40.5 Å². The smallest absolute Gasteiger partial charge is 0.190 e. The van der Waals surface area contributed by atoms with Gasteiger partial charge < -0.3 is 4.90 Å². The molecule has 1 aromatic heterocycles. The molecule has 0 aliphatic heterocycles. The molecule has 1 heterocycles. The zero-order valence-electron chi connectivity index (χ0n) is 11.4. The Morgan fingerprint density at radius 3 is 2.26 bits per heavy atom. The van der Waals surface area contributed by atoms with Crippen molar-refractivity contribution in [1.29, 1.82) is 0 Å². The average Bonchev–Trinajstić information content (AvgIpc) is 2.35. The summed E-state index contributed by atoms with van der Waals surface area (Å²) in [6.07, 6.45) is 1.94. The molecule has 0 aliphatic carbocycles. The normalized spacial score (nSPS) is 10.6. The van der Waals surface area contributed by atoms with Crippen molar-refractivity contribution < 1.29 is 0 Å². The van der Waals surface area contributed by atoms with Gasteiger partial charge in [-0.1, -0.05) is 29.4 Å². The third-order valence-electron chi connectivity index (χ3n) is 2.78. The van der Waals surface area contributed by atoms with Gasteiger partial charge in [-0.3, -0.25) is 0 Å². The topological polar surface area (TPSA) is 29.0 Å². The van der Waals surface area contributed by atoms with Crippen LogP contribution in [0.25, 0.3) is 0 Å². The molecule has 0 saturated carbocycles. The molecular formula is C14H16ClN3S. The lowest BCUT2D eigenvalue weighted by atomic mass is 10.1. The fraction of sp³-hybridized carbons (Fsp3) is 0.286. The van der Waals surface area contributed by atoms with E-state index in [1.54, 1.807) is 6.07 Å². The first kappa shape index (κ1) is 14.2. The number of aryl methyl sites for hydroxylation is 2. The highest BCUT2D eigenvalue weighted by Gasteiger charge is 2.09. The fourth-order valence-electron chi connectivity index (χ4n) is 1.93. The molecule has 2 rings (SSSR count). The molecule has 2 aromatic rings. The Labute approximate surface area is 123 Å². The number of anilines is 2. The lowest BCUT2D eigenvalue weighted by Crippen LogP contribution is -2.12. The van der Waals surface area contributed by atoms with E-state index < -0.39 is 0 Å². The largest absolute Gasteiger partial charge is 0.329 e. The van der Waals surface area contributed by atoms with E-state index in [-0.39, 0.29) is 0 Å². The van der Waals surface area contributed by atoms with Gasteiger partial charge in [0.05, 0.1) is 0 Å². The summed E-state index contributed by atoms with van der Waals surface area (Å²) in [5.41, 5.74) is 3.55. The zero-order chi connectivity index (χ0) is 14.0. The summed E-state index contributed by atoms with van der Waals surface area (Å²) < 4.78 is 0. The molecule has 19 heavy (non-hydrogen) atoms. The molecule has 1 aromatic carbocycles. The number of nitrogens with zero attached hydrogens (tertiary/aromatic N) is 3. The van der Waals surface area contributed by atoms with E-state index in [0.717, 1.165) is 11.5 Å².